The van der Waals surface area contributed by atoms with E-state index in [2.05, 4.69) is 31.6 Å². The number of hydrogen-bond donors (Lipinski definition) is 0. The van der Waals surface area contributed by atoms with Crippen LogP contribution in [0.15, 0.2) is 11.6 Å². The summed E-state index contributed by atoms with van der Waals surface area (Å²) in [5, 5.41) is 0. The lowest BCUT2D eigenvalue weighted by atomic mass is 10.0. The van der Waals surface area contributed by atoms with Crippen LogP contribution in [0.1, 0.15) is 40.0 Å². The Kier molecular flexibility index (Phi) is 7.67. The van der Waals surface area contributed by atoms with Crippen molar-refractivity contribution in [2.24, 2.45) is 5.92 Å². The van der Waals surface area contributed by atoms with E-state index >= 15 is 0 Å². The Morgan fingerprint density at radius 1 is 1.29 bits per heavy atom. The molecular weight excluding hydrogens is 186 g/mol. The quantitative estimate of drug-likeness (QED) is 0.572. The Morgan fingerprint density at radius 3 is 2.43 bits per heavy atom. The zero-order valence-electron chi connectivity index (χ0n) is 9.22. The van der Waals surface area contributed by atoms with E-state index in [9.17, 15) is 8.78 Å². The van der Waals surface area contributed by atoms with E-state index in [1.165, 1.54) is 5.57 Å². The first kappa shape index (κ1) is 13.6. The number of allylic oxidation sites excluding steroid dienone is 2. The van der Waals surface area contributed by atoms with Gasteiger partial charge in [0.2, 0.25) is 0 Å². The van der Waals surface area contributed by atoms with Crippen LogP contribution in [0.3, 0.4) is 0 Å². The largest absolute Gasteiger partial charge is 0.345 e. The van der Waals surface area contributed by atoms with E-state index in [0.717, 1.165) is 12.8 Å². The van der Waals surface area contributed by atoms with Crippen molar-refractivity contribution in [3.8, 4) is 0 Å². The van der Waals surface area contributed by atoms with Crippen LogP contribution < -0.4 is 0 Å². The third-order valence-electron chi connectivity index (χ3n) is 2.07. The fraction of sp³-hybridized carbons (Fsp3) is 0.818. The van der Waals surface area contributed by atoms with Crippen LogP contribution in [0, 0.1) is 5.92 Å². The molecule has 0 spiro atoms. The van der Waals surface area contributed by atoms with Gasteiger partial charge in [-0.25, -0.2) is 0 Å². The normalized spacial score (nSPS) is 13.0. The average Bonchev–Trinajstić information content (AvgIpc) is 2.02. The molecule has 3 heteroatoms. The lowest BCUT2D eigenvalue weighted by Crippen LogP contribution is -2.05. The highest BCUT2D eigenvalue weighted by molar-refractivity contribution is 4.92. The second-order valence-electron chi connectivity index (χ2n) is 3.88. The van der Waals surface area contributed by atoms with Gasteiger partial charge < -0.3 is 4.74 Å². The van der Waals surface area contributed by atoms with Crippen LogP contribution >= 0.6 is 0 Å². The zero-order chi connectivity index (χ0) is 11.0. The van der Waals surface area contributed by atoms with Gasteiger partial charge in [0.25, 0.3) is 0 Å². The highest BCUT2D eigenvalue weighted by Crippen LogP contribution is 2.12. The molecule has 0 radical (unpaired) electrons. The molecule has 1 atom stereocenters. The number of ether oxygens (including phenoxy) is 1. The molecule has 0 bridgehead atoms. The molecule has 1 nitrogen and oxygen atoms in total. The maximum Gasteiger partial charge on any atom is 0.345 e. The van der Waals surface area contributed by atoms with Crippen molar-refractivity contribution >= 4 is 0 Å². The monoisotopic (exact) mass is 206 g/mol. The van der Waals surface area contributed by atoms with Crippen molar-refractivity contribution in [2.75, 3.05) is 6.61 Å². The average molecular weight is 206 g/mol. The molecule has 0 aliphatic rings. The topological polar surface area (TPSA) is 9.23 Å². The first-order chi connectivity index (χ1) is 6.52. The molecule has 0 rings (SSSR count). The number of hydrogen-bond acceptors (Lipinski definition) is 1. The summed E-state index contributed by atoms with van der Waals surface area (Å²) in [5.41, 5.74) is 1.31. The Hall–Kier alpha value is -0.440. The van der Waals surface area contributed by atoms with E-state index in [1.807, 2.05) is 0 Å². The Balaban J connectivity index is 3.37. The van der Waals surface area contributed by atoms with Crippen molar-refractivity contribution in [1.29, 1.82) is 0 Å². The van der Waals surface area contributed by atoms with Gasteiger partial charge in [-0.15, -0.1) is 0 Å². The number of halogens is 2. The number of rotatable bonds is 7. The molecule has 0 saturated carbocycles. The molecule has 0 aromatic carbocycles. The number of alkyl halides is 2. The first-order valence-electron chi connectivity index (χ1n) is 5.05. The van der Waals surface area contributed by atoms with E-state index in [1.54, 1.807) is 0 Å². The Labute approximate surface area is 85.1 Å². The van der Waals surface area contributed by atoms with Gasteiger partial charge in [0, 0.05) is 0 Å². The Bertz CT molecular complexity index is 163. The Morgan fingerprint density at radius 2 is 1.93 bits per heavy atom. The molecule has 0 unspecified atom stereocenters. The fourth-order valence-electron chi connectivity index (χ4n) is 1.16. The van der Waals surface area contributed by atoms with Crippen LogP contribution in [-0.2, 0) is 4.74 Å². The predicted molar refractivity (Wildman–Crippen MR) is 54.4 cm³/mol. The van der Waals surface area contributed by atoms with Gasteiger partial charge in [-0.1, -0.05) is 18.6 Å². The van der Waals surface area contributed by atoms with Gasteiger partial charge in [-0.05, 0) is 39.0 Å². The summed E-state index contributed by atoms with van der Waals surface area (Å²) in [5.74, 6) is 0.448. The summed E-state index contributed by atoms with van der Waals surface area (Å²) in [6.45, 7) is 3.72. The fourth-order valence-corrected chi connectivity index (χ4v) is 1.16. The van der Waals surface area contributed by atoms with Gasteiger partial charge in [0.1, 0.15) is 0 Å². The molecule has 0 aliphatic carbocycles. The second-order valence-corrected chi connectivity index (χ2v) is 3.88. The standard InChI is InChI=1S/C11H20F2O/c1-9(2)5-4-6-10(3)7-8-14-11(12)13/h5,10-11H,4,6-8H2,1-3H3/t10-/m0/s1. The third kappa shape index (κ3) is 9.65. The van der Waals surface area contributed by atoms with E-state index in [-0.39, 0.29) is 6.61 Å². The SMILES string of the molecule is CC(C)=CCC[C@H](C)CCOC(F)F. The summed E-state index contributed by atoms with van der Waals surface area (Å²) in [6, 6.07) is 0. The highest BCUT2D eigenvalue weighted by atomic mass is 19.3. The maximum atomic E-state index is 11.6. The van der Waals surface area contributed by atoms with Gasteiger partial charge >= 0.3 is 6.61 Å². The third-order valence-corrected chi connectivity index (χ3v) is 2.07. The molecule has 0 heterocycles. The summed E-state index contributed by atoms with van der Waals surface area (Å²) < 4.78 is 27.4. The summed E-state index contributed by atoms with van der Waals surface area (Å²) in [6.07, 6.45) is 4.95. The van der Waals surface area contributed by atoms with Crippen LogP contribution in [0.5, 0.6) is 0 Å². The van der Waals surface area contributed by atoms with E-state index in [0.29, 0.717) is 12.3 Å². The second kappa shape index (κ2) is 7.92. The van der Waals surface area contributed by atoms with Crippen molar-refractivity contribution < 1.29 is 13.5 Å². The molecule has 0 aromatic heterocycles. The zero-order valence-corrected chi connectivity index (χ0v) is 9.22. The molecule has 0 aromatic rings. The van der Waals surface area contributed by atoms with Gasteiger partial charge in [0.15, 0.2) is 0 Å². The summed E-state index contributed by atoms with van der Waals surface area (Å²) >= 11 is 0. The predicted octanol–water partition coefficient (Wildman–Crippen LogP) is 4.00. The van der Waals surface area contributed by atoms with Crippen molar-refractivity contribution in [1.82, 2.24) is 0 Å². The minimum Gasteiger partial charge on any atom is -0.323 e. The molecule has 0 amide bonds. The molecule has 84 valence electrons. The summed E-state index contributed by atoms with van der Waals surface area (Å²) in [4.78, 5) is 0. The van der Waals surface area contributed by atoms with Gasteiger partial charge in [-0.3, -0.25) is 0 Å². The molecule has 0 aliphatic heterocycles. The van der Waals surface area contributed by atoms with E-state index in [4.69, 9.17) is 0 Å². The van der Waals surface area contributed by atoms with Gasteiger partial charge in [0.05, 0.1) is 6.61 Å². The molecule has 0 fully saturated rings. The minimum absolute atomic E-state index is 0.160. The maximum absolute atomic E-state index is 11.6. The van der Waals surface area contributed by atoms with E-state index < -0.39 is 6.61 Å². The van der Waals surface area contributed by atoms with Crippen LogP contribution in [0.25, 0.3) is 0 Å². The lowest BCUT2D eigenvalue weighted by molar-refractivity contribution is -0.131. The molecule has 14 heavy (non-hydrogen) atoms. The highest BCUT2D eigenvalue weighted by Gasteiger charge is 2.04. The van der Waals surface area contributed by atoms with Crippen molar-refractivity contribution in [3.63, 3.8) is 0 Å². The summed E-state index contributed by atoms with van der Waals surface area (Å²) in [7, 11) is 0. The molecule has 0 N–H and O–H groups in total. The molecular formula is C11H20F2O. The molecule has 0 saturated heterocycles. The van der Waals surface area contributed by atoms with Crippen molar-refractivity contribution in [2.45, 2.75) is 46.6 Å². The smallest absolute Gasteiger partial charge is 0.323 e. The van der Waals surface area contributed by atoms with Crippen molar-refractivity contribution in [3.05, 3.63) is 11.6 Å². The lowest BCUT2D eigenvalue weighted by Gasteiger charge is -2.09. The van der Waals surface area contributed by atoms with Crippen LogP contribution in [0.2, 0.25) is 0 Å². The van der Waals surface area contributed by atoms with Crippen LogP contribution in [0.4, 0.5) is 8.78 Å². The van der Waals surface area contributed by atoms with Gasteiger partial charge in [-0.2, -0.15) is 8.78 Å². The first-order valence-corrected chi connectivity index (χ1v) is 5.05. The minimum atomic E-state index is -2.63. The van der Waals surface area contributed by atoms with Crippen LogP contribution in [-0.4, -0.2) is 13.2 Å².